The van der Waals surface area contributed by atoms with E-state index in [0.29, 0.717) is 17.9 Å². The van der Waals surface area contributed by atoms with Crippen LogP contribution in [0, 0.1) is 5.41 Å². The third-order valence-electron chi connectivity index (χ3n) is 5.63. The molecule has 10 heteroatoms. The highest BCUT2D eigenvalue weighted by molar-refractivity contribution is 5.97. The number of nitrogens with one attached hydrogen (secondary N) is 4. The van der Waals surface area contributed by atoms with Crippen LogP contribution in [0.2, 0.25) is 0 Å². The molecule has 0 aliphatic carbocycles. The minimum atomic E-state index is -1.05. The van der Waals surface area contributed by atoms with Gasteiger partial charge in [-0.3, -0.25) is 15.0 Å². The van der Waals surface area contributed by atoms with Crippen molar-refractivity contribution in [1.29, 1.82) is 5.41 Å². The molecule has 0 spiro atoms. The second-order valence-electron chi connectivity index (χ2n) is 8.03. The predicted molar refractivity (Wildman–Crippen MR) is 131 cm³/mol. The summed E-state index contributed by atoms with van der Waals surface area (Å²) in [5.41, 5.74) is 7.31. The molecule has 2 aromatic carbocycles. The third kappa shape index (κ3) is 7.57. The Hall–Kier alpha value is -3.43. The van der Waals surface area contributed by atoms with Gasteiger partial charge in [-0.2, -0.15) is 0 Å². The fourth-order valence-corrected chi connectivity index (χ4v) is 3.80. The maximum absolute atomic E-state index is 12.7. The molecular formula is C24H30ClN5O4. The molecular weight excluding hydrogens is 458 g/mol. The molecule has 1 aliphatic heterocycles. The number of rotatable bonds is 7. The molecule has 6 N–H and O–H groups in total. The van der Waals surface area contributed by atoms with Crippen LogP contribution in [0.3, 0.4) is 0 Å². The summed E-state index contributed by atoms with van der Waals surface area (Å²) in [6.45, 7) is 2.65. The Morgan fingerprint density at radius 3 is 2.47 bits per heavy atom. The van der Waals surface area contributed by atoms with Gasteiger partial charge in [0.2, 0.25) is 17.7 Å². The van der Waals surface area contributed by atoms with Crippen LogP contribution in [0.5, 0.6) is 0 Å². The van der Waals surface area contributed by atoms with Gasteiger partial charge in [-0.1, -0.05) is 42.5 Å². The SMILES string of the molecule is C[C@H](NC(=O)[C@H]1C[C@@H](c2ccccc2)CCN1)C(=O)NCc1ccc(C(=N)OC(N)=O)cc1.Cl. The first-order valence-electron chi connectivity index (χ1n) is 10.8. The maximum atomic E-state index is 12.7. The highest BCUT2D eigenvalue weighted by Gasteiger charge is 2.29. The number of carbonyl (C=O) groups is 3. The van der Waals surface area contributed by atoms with Crippen LogP contribution in [0.25, 0.3) is 0 Å². The van der Waals surface area contributed by atoms with Crippen LogP contribution in [0.15, 0.2) is 54.6 Å². The molecule has 0 radical (unpaired) electrons. The van der Waals surface area contributed by atoms with Crippen LogP contribution in [0.1, 0.15) is 42.4 Å². The van der Waals surface area contributed by atoms with Gasteiger partial charge >= 0.3 is 6.09 Å². The number of halogens is 1. The average Bonchev–Trinajstić information content (AvgIpc) is 2.83. The number of hydrogen-bond acceptors (Lipinski definition) is 6. The molecule has 3 amide bonds. The van der Waals surface area contributed by atoms with Crippen molar-refractivity contribution in [3.63, 3.8) is 0 Å². The highest BCUT2D eigenvalue weighted by atomic mass is 35.5. The minimum absolute atomic E-state index is 0. The number of hydrogen-bond donors (Lipinski definition) is 5. The second kappa shape index (κ2) is 12.7. The van der Waals surface area contributed by atoms with Gasteiger partial charge in [0.25, 0.3) is 0 Å². The predicted octanol–water partition coefficient (Wildman–Crippen LogP) is 2.19. The Morgan fingerprint density at radius 1 is 1.15 bits per heavy atom. The summed E-state index contributed by atoms with van der Waals surface area (Å²) in [5, 5.41) is 16.5. The normalized spacial score (nSPS) is 18.0. The van der Waals surface area contributed by atoms with Gasteiger partial charge in [-0.15, -0.1) is 12.4 Å². The molecule has 2 aromatic rings. The van der Waals surface area contributed by atoms with Crippen molar-refractivity contribution in [3.8, 4) is 0 Å². The number of nitrogens with two attached hydrogens (primary N) is 1. The van der Waals surface area contributed by atoms with Crippen molar-refractivity contribution >= 4 is 36.2 Å². The maximum Gasteiger partial charge on any atom is 0.411 e. The van der Waals surface area contributed by atoms with E-state index in [1.807, 2.05) is 18.2 Å². The quantitative estimate of drug-likeness (QED) is 0.300. The highest BCUT2D eigenvalue weighted by Crippen LogP contribution is 2.27. The number of carbonyl (C=O) groups excluding carboxylic acids is 3. The zero-order valence-electron chi connectivity index (χ0n) is 18.9. The summed E-state index contributed by atoms with van der Waals surface area (Å²) in [7, 11) is 0. The van der Waals surface area contributed by atoms with Crippen molar-refractivity contribution in [3.05, 3.63) is 71.3 Å². The number of amides is 3. The molecule has 182 valence electrons. The first-order valence-corrected chi connectivity index (χ1v) is 10.8. The average molecular weight is 488 g/mol. The third-order valence-corrected chi connectivity index (χ3v) is 5.63. The zero-order valence-corrected chi connectivity index (χ0v) is 19.7. The van der Waals surface area contributed by atoms with E-state index in [1.54, 1.807) is 31.2 Å². The molecule has 1 fully saturated rings. The van der Waals surface area contributed by atoms with Gasteiger partial charge in [0.15, 0.2) is 0 Å². The number of ether oxygens (including phenoxy) is 1. The van der Waals surface area contributed by atoms with Crippen molar-refractivity contribution in [1.82, 2.24) is 16.0 Å². The standard InChI is InChI=1S/C24H29N5O4.ClH/c1-15(22(30)28-14-16-7-9-18(10-8-16)21(25)33-24(26)32)29-23(31)20-13-19(11-12-27-20)17-5-3-2-4-6-17;/h2-10,15,19-20,25,27H,11-14H2,1H3,(H2,26,32)(H,28,30)(H,29,31);1H/t15-,19-,20+;/m0./s1. The molecule has 0 aromatic heterocycles. The van der Waals surface area contributed by atoms with E-state index in [-0.39, 0.29) is 42.7 Å². The van der Waals surface area contributed by atoms with Gasteiger partial charge < -0.3 is 26.4 Å². The Labute approximate surface area is 204 Å². The summed E-state index contributed by atoms with van der Waals surface area (Å²) in [4.78, 5) is 35.9. The Morgan fingerprint density at radius 2 is 1.82 bits per heavy atom. The van der Waals surface area contributed by atoms with Crippen LogP contribution in [0.4, 0.5) is 4.79 Å². The molecule has 0 unspecified atom stereocenters. The van der Waals surface area contributed by atoms with Gasteiger partial charge in [0.1, 0.15) is 6.04 Å². The monoisotopic (exact) mass is 487 g/mol. The van der Waals surface area contributed by atoms with Crippen molar-refractivity contribution in [2.45, 2.75) is 44.3 Å². The molecule has 0 saturated carbocycles. The smallest absolute Gasteiger partial charge is 0.391 e. The van der Waals surface area contributed by atoms with Gasteiger partial charge in [0, 0.05) is 12.1 Å². The Kier molecular flexibility index (Phi) is 10.0. The zero-order chi connectivity index (χ0) is 23.8. The molecule has 1 aliphatic rings. The lowest BCUT2D eigenvalue weighted by Gasteiger charge is -2.30. The van der Waals surface area contributed by atoms with Gasteiger partial charge in [-0.05, 0) is 55.5 Å². The van der Waals surface area contributed by atoms with Crippen LogP contribution in [-0.4, -0.2) is 42.4 Å². The van der Waals surface area contributed by atoms with Crippen molar-refractivity contribution < 1.29 is 19.1 Å². The van der Waals surface area contributed by atoms with E-state index in [4.69, 9.17) is 11.1 Å². The first kappa shape index (κ1) is 26.8. The van der Waals surface area contributed by atoms with Gasteiger partial charge in [-0.25, -0.2) is 4.79 Å². The number of piperidine rings is 1. The fourth-order valence-electron chi connectivity index (χ4n) is 3.80. The molecule has 3 atom stereocenters. The van der Waals surface area contributed by atoms with Crippen molar-refractivity contribution in [2.75, 3.05) is 6.54 Å². The van der Waals surface area contributed by atoms with Crippen LogP contribution in [-0.2, 0) is 20.9 Å². The van der Waals surface area contributed by atoms with E-state index in [2.05, 4.69) is 32.8 Å². The minimum Gasteiger partial charge on any atom is -0.391 e. The summed E-state index contributed by atoms with van der Waals surface area (Å²) in [6, 6.07) is 15.7. The summed E-state index contributed by atoms with van der Waals surface area (Å²) < 4.78 is 4.53. The van der Waals surface area contributed by atoms with E-state index >= 15 is 0 Å². The second-order valence-corrected chi connectivity index (χ2v) is 8.03. The number of benzene rings is 2. The lowest BCUT2D eigenvalue weighted by molar-refractivity contribution is -0.130. The molecule has 34 heavy (non-hydrogen) atoms. The van der Waals surface area contributed by atoms with E-state index < -0.39 is 12.1 Å². The number of primary amides is 1. The van der Waals surface area contributed by atoms with Crippen LogP contribution < -0.4 is 21.7 Å². The Bertz CT molecular complexity index is 1000. The molecule has 9 nitrogen and oxygen atoms in total. The summed E-state index contributed by atoms with van der Waals surface area (Å²) >= 11 is 0. The van der Waals surface area contributed by atoms with Crippen LogP contribution >= 0.6 is 12.4 Å². The Balaban J connectivity index is 0.00000408. The topological polar surface area (TPSA) is 146 Å². The molecule has 1 saturated heterocycles. The van der Waals surface area contributed by atoms with E-state index in [1.165, 1.54) is 5.56 Å². The summed E-state index contributed by atoms with van der Waals surface area (Å²) in [5.74, 6) is -0.520. The van der Waals surface area contributed by atoms with E-state index in [0.717, 1.165) is 18.5 Å². The lowest BCUT2D eigenvalue weighted by atomic mass is 9.86. The molecule has 0 bridgehead atoms. The summed E-state index contributed by atoms with van der Waals surface area (Å²) in [6.07, 6.45) is 0.605. The largest absolute Gasteiger partial charge is 0.411 e. The first-order chi connectivity index (χ1) is 15.8. The molecule has 3 rings (SSSR count). The van der Waals surface area contributed by atoms with Crippen molar-refractivity contribution in [2.24, 2.45) is 5.73 Å². The fraction of sp³-hybridized carbons (Fsp3) is 0.333. The van der Waals surface area contributed by atoms with Gasteiger partial charge in [0.05, 0.1) is 6.04 Å². The lowest BCUT2D eigenvalue weighted by Crippen LogP contribution is -2.53. The van der Waals surface area contributed by atoms with E-state index in [9.17, 15) is 14.4 Å². The molecule has 1 heterocycles.